The fourth-order valence-electron chi connectivity index (χ4n) is 2.93. The van der Waals surface area contributed by atoms with Crippen molar-refractivity contribution in [3.8, 4) is 0 Å². The molecule has 5 heteroatoms. The monoisotopic (exact) mass is 343 g/mol. The van der Waals surface area contributed by atoms with Gasteiger partial charge in [0.2, 0.25) is 0 Å². The highest BCUT2D eigenvalue weighted by molar-refractivity contribution is 7.80. The van der Waals surface area contributed by atoms with Crippen molar-refractivity contribution in [3.05, 3.63) is 59.9 Å². The van der Waals surface area contributed by atoms with Gasteiger partial charge in [0, 0.05) is 24.5 Å². The second kappa shape index (κ2) is 7.62. The van der Waals surface area contributed by atoms with Crippen LogP contribution in [0.15, 0.2) is 48.5 Å². The van der Waals surface area contributed by atoms with Crippen LogP contribution in [-0.2, 0) is 0 Å². The van der Waals surface area contributed by atoms with Crippen molar-refractivity contribution in [2.75, 3.05) is 23.3 Å². The van der Waals surface area contributed by atoms with Gasteiger partial charge in [-0.05, 0) is 73.9 Å². The Kier molecular flexibility index (Phi) is 5.30. The number of benzene rings is 2. The van der Waals surface area contributed by atoms with Crippen molar-refractivity contribution in [3.63, 3.8) is 0 Å². The Morgan fingerprint density at radius 2 is 1.67 bits per heavy atom. The van der Waals surface area contributed by atoms with E-state index >= 15 is 0 Å². The van der Waals surface area contributed by atoms with Crippen LogP contribution in [0, 0.1) is 5.82 Å². The minimum absolute atomic E-state index is 0.0954. The Balaban J connectivity index is 1.56. The van der Waals surface area contributed by atoms with Crippen LogP contribution in [0.25, 0.3) is 0 Å². The summed E-state index contributed by atoms with van der Waals surface area (Å²) in [6, 6.07) is 14.9. The summed E-state index contributed by atoms with van der Waals surface area (Å²) in [6.07, 6.45) is 2.56. The van der Waals surface area contributed by atoms with Crippen molar-refractivity contribution < 1.29 is 4.39 Å². The van der Waals surface area contributed by atoms with E-state index in [1.807, 2.05) is 0 Å². The summed E-state index contributed by atoms with van der Waals surface area (Å²) in [6.45, 7) is 4.38. The molecule has 24 heavy (non-hydrogen) atoms. The number of nitrogens with one attached hydrogen (secondary N) is 2. The van der Waals surface area contributed by atoms with E-state index in [4.69, 9.17) is 12.2 Å². The van der Waals surface area contributed by atoms with Crippen molar-refractivity contribution in [2.24, 2.45) is 0 Å². The number of hydrogen-bond donors (Lipinski definition) is 2. The third-order valence-electron chi connectivity index (χ3n) is 4.31. The molecule has 1 atom stereocenters. The molecular formula is C19H22FN3S. The second-order valence-corrected chi connectivity index (χ2v) is 6.52. The molecule has 2 aromatic rings. The number of halogens is 1. The van der Waals surface area contributed by atoms with Crippen LogP contribution in [0.3, 0.4) is 0 Å². The fourth-order valence-corrected chi connectivity index (χ4v) is 3.22. The van der Waals surface area contributed by atoms with Gasteiger partial charge in [-0.2, -0.15) is 0 Å². The summed E-state index contributed by atoms with van der Waals surface area (Å²) >= 11 is 5.33. The van der Waals surface area contributed by atoms with Gasteiger partial charge in [-0.25, -0.2) is 4.39 Å². The molecule has 0 unspecified atom stereocenters. The van der Waals surface area contributed by atoms with Gasteiger partial charge in [-0.3, -0.25) is 0 Å². The van der Waals surface area contributed by atoms with E-state index in [9.17, 15) is 4.39 Å². The van der Waals surface area contributed by atoms with Crippen molar-refractivity contribution in [1.29, 1.82) is 0 Å². The van der Waals surface area contributed by atoms with Crippen LogP contribution >= 0.6 is 12.2 Å². The lowest BCUT2D eigenvalue weighted by Crippen LogP contribution is -2.30. The minimum Gasteiger partial charge on any atom is -0.372 e. The van der Waals surface area contributed by atoms with Gasteiger partial charge in [-0.15, -0.1) is 0 Å². The molecule has 1 aliphatic rings. The molecule has 2 aromatic carbocycles. The molecule has 1 saturated heterocycles. The van der Waals surface area contributed by atoms with Gasteiger partial charge >= 0.3 is 0 Å². The predicted octanol–water partition coefficient (Wildman–Crippen LogP) is 4.47. The zero-order valence-electron chi connectivity index (χ0n) is 13.8. The largest absolute Gasteiger partial charge is 0.372 e. The first kappa shape index (κ1) is 16.7. The Labute approximate surface area is 147 Å². The normalized spacial score (nSPS) is 15.2. The Hall–Kier alpha value is -2.14. The number of anilines is 2. The summed E-state index contributed by atoms with van der Waals surface area (Å²) in [5, 5.41) is 6.86. The van der Waals surface area contributed by atoms with Gasteiger partial charge in [0.15, 0.2) is 5.11 Å². The SMILES string of the molecule is C[C@@H](NC(=S)Nc1ccc(F)cc1)c1ccc(N2CCCC2)cc1. The van der Waals surface area contributed by atoms with Gasteiger partial charge in [-0.1, -0.05) is 12.1 Å². The highest BCUT2D eigenvalue weighted by atomic mass is 32.1. The average Bonchev–Trinajstić information content (AvgIpc) is 3.11. The van der Waals surface area contributed by atoms with Crippen LogP contribution in [0.5, 0.6) is 0 Å². The Bertz CT molecular complexity index is 679. The highest BCUT2D eigenvalue weighted by Crippen LogP contribution is 2.22. The van der Waals surface area contributed by atoms with Crippen LogP contribution in [0.1, 0.15) is 31.4 Å². The molecule has 1 heterocycles. The van der Waals surface area contributed by atoms with Gasteiger partial charge < -0.3 is 15.5 Å². The average molecular weight is 343 g/mol. The van der Waals surface area contributed by atoms with Crippen LogP contribution in [0.4, 0.5) is 15.8 Å². The molecule has 0 radical (unpaired) electrons. The predicted molar refractivity (Wildman–Crippen MR) is 102 cm³/mol. The van der Waals surface area contributed by atoms with E-state index in [1.165, 1.54) is 36.2 Å². The molecule has 3 rings (SSSR count). The first-order chi connectivity index (χ1) is 11.6. The van der Waals surface area contributed by atoms with Gasteiger partial charge in [0.05, 0.1) is 6.04 Å². The lowest BCUT2D eigenvalue weighted by atomic mass is 10.1. The second-order valence-electron chi connectivity index (χ2n) is 6.11. The molecule has 0 bridgehead atoms. The minimum atomic E-state index is -0.258. The van der Waals surface area contributed by atoms with E-state index in [0.717, 1.165) is 18.8 Å². The zero-order chi connectivity index (χ0) is 16.9. The van der Waals surface area contributed by atoms with E-state index in [0.29, 0.717) is 5.11 Å². The van der Waals surface area contributed by atoms with E-state index in [2.05, 4.69) is 46.7 Å². The summed E-state index contributed by atoms with van der Waals surface area (Å²) in [5.41, 5.74) is 3.24. The third kappa shape index (κ3) is 4.23. The number of rotatable bonds is 4. The molecule has 0 saturated carbocycles. The first-order valence-corrected chi connectivity index (χ1v) is 8.70. The van der Waals surface area contributed by atoms with Crippen molar-refractivity contribution in [2.45, 2.75) is 25.8 Å². The molecule has 0 spiro atoms. The molecule has 1 fully saturated rings. The number of thiocarbonyl (C=S) groups is 1. The molecule has 2 N–H and O–H groups in total. The lowest BCUT2D eigenvalue weighted by molar-refractivity contribution is 0.628. The van der Waals surface area contributed by atoms with Gasteiger partial charge in [0.1, 0.15) is 5.82 Å². The maximum atomic E-state index is 12.9. The quantitative estimate of drug-likeness (QED) is 0.801. The highest BCUT2D eigenvalue weighted by Gasteiger charge is 2.13. The number of nitrogens with zero attached hydrogens (tertiary/aromatic N) is 1. The Morgan fingerprint density at radius 3 is 2.29 bits per heavy atom. The topological polar surface area (TPSA) is 27.3 Å². The number of hydrogen-bond acceptors (Lipinski definition) is 2. The summed E-state index contributed by atoms with van der Waals surface area (Å²) in [4.78, 5) is 2.42. The van der Waals surface area contributed by atoms with Crippen LogP contribution in [-0.4, -0.2) is 18.2 Å². The van der Waals surface area contributed by atoms with E-state index in [1.54, 1.807) is 12.1 Å². The van der Waals surface area contributed by atoms with E-state index < -0.39 is 0 Å². The molecule has 126 valence electrons. The maximum Gasteiger partial charge on any atom is 0.171 e. The lowest BCUT2D eigenvalue weighted by Gasteiger charge is -2.20. The fraction of sp³-hybridized carbons (Fsp3) is 0.316. The maximum absolute atomic E-state index is 12.9. The molecule has 3 nitrogen and oxygen atoms in total. The molecular weight excluding hydrogens is 321 g/mol. The molecule has 0 aromatic heterocycles. The van der Waals surface area contributed by atoms with Gasteiger partial charge in [0.25, 0.3) is 0 Å². The zero-order valence-corrected chi connectivity index (χ0v) is 14.6. The summed E-state index contributed by atoms with van der Waals surface area (Å²) < 4.78 is 12.9. The van der Waals surface area contributed by atoms with Crippen LogP contribution in [0.2, 0.25) is 0 Å². The van der Waals surface area contributed by atoms with Crippen molar-refractivity contribution >= 4 is 28.7 Å². The molecule has 0 aliphatic carbocycles. The Morgan fingerprint density at radius 1 is 1.04 bits per heavy atom. The summed E-state index contributed by atoms with van der Waals surface area (Å²) in [7, 11) is 0. The standard InChI is InChI=1S/C19H22FN3S/c1-14(21-19(24)22-17-8-6-16(20)7-9-17)15-4-10-18(11-5-15)23-12-2-3-13-23/h4-11,14H,2-3,12-13H2,1H3,(H2,21,22,24)/t14-/m1/s1. The molecule has 1 aliphatic heterocycles. The summed E-state index contributed by atoms with van der Waals surface area (Å²) in [5.74, 6) is -0.258. The first-order valence-electron chi connectivity index (χ1n) is 8.30. The smallest absolute Gasteiger partial charge is 0.171 e. The van der Waals surface area contributed by atoms with Crippen molar-refractivity contribution in [1.82, 2.24) is 5.32 Å². The third-order valence-corrected chi connectivity index (χ3v) is 4.53. The van der Waals surface area contributed by atoms with E-state index in [-0.39, 0.29) is 11.9 Å². The van der Waals surface area contributed by atoms with Crippen LogP contribution < -0.4 is 15.5 Å². The molecule has 0 amide bonds.